The molecule has 1 aromatic heterocycles. The van der Waals surface area contributed by atoms with E-state index in [-0.39, 0.29) is 6.71 Å². The van der Waals surface area contributed by atoms with E-state index in [0.717, 1.165) is 0 Å². The van der Waals surface area contributed by atoms with E-state index in [1.165, 1.54) is 72.1 Å². The fourth-order valence-corrected chi connectivity index (χ4v) is 7.04. The van der Waals surface area contributed by atoms with Crippen molar-refractivity contribution in [3.63, 3.8) is 0 Å². The molecule has 0 N–H and O–H groups in total. The molecule has 0 amide bonds. The highest BCUT2D eigenvalue weighted by molar-refractivity contribution is 7.01. The van der Waals surface area contributed by atoms with E-state index in [4.69, 9.17) is 0 Å². The quantitative estimate of drug-likeness (QED) is 0.234. The number of fused-ring (bicyclic) bond motifs is 8. The molecule has 39 heavy (non-hydrogen) atoms. The maximum Gasteiger partial charge on any atom is 0.248 e. The second-order valence-corrected chi connectivity index (χ2v) is 10.5. The van der Waals surface area contributed by atoms with Crippen molar-refractivity contribution in [2.24, 2.45) is 0 Å². The maximum atomic E-state index is 2.48. The normalized spacial score (nSPS) is 13.0. The third-order valence-corrected chi connectivity index (χ3v) is 8.58. The topological polar surface area (TPSA) is 8.17 Å². The fraction of sp³-hybridized carbons (Fsp3) is 0. The first-order chi connectivity index (χ1) is 19.4. The Hall–Kier alpha value is -5.02. The molecule has 7 aromatic rings. The van der Waals surface area contributed by atoms with E-state index in [9.17, 15) is 0 Å². The highest BCUT2D eigenvalue weighted by atomic mass is 15.2. The van der Waals surface area contributed by atoms with Gasteiger partial charge >= 0.3 is 0 Å². The van der Waals surface area contributed by atoms with Gasteiger partial charge in [0.1, 0.15) is 0 Å². The second kappa shape index (κ2) is 7.75. The minimum absolute atomic E-state index is 0.214. The SMILES string of the molecule is c1ccc(N2c3cc4c(cc3B3c5ccccc5-c5cccc2c53)c2ccccc2n4-c2ccccc2)cc1. The summed E-state index contributed by atoms with van der Waals surface area (Å²) in [5.74, 6) is 0. The molecule has 3 heterocycles. The van der Waals surface area contributed by atoms with Crippen molar-refractivity contribution in [1.82, 2.24) is 4.57 Å². The van der Waals surface area contributed by atoms with Crippen molar-refractivity contribution >= 4 is 62.0 Å². The fourth-order valence-electron chi connectivity index (χ4n) is 7.04. The summed E-state index contributed by atoms with van der Waals surface area (Å²) >= 11 is 0. The summed E-state index contributed by atoms with van der Waals surface area (Å²) in [5, 5.41) is 2.59. The Balaban J connectivity index is 1.45. The predicted molar refractivity (Wildman–Crippen MR) is 166 cm³/mol. The molecule has 2 nitrogen and oxygen atoms in total. The molecular formula is C36H23BN2. The summed E-state index contributed by atoms with van der Waals surface area (Å²) in [6.07, 6.45) is 0. The van der Waals surface area contributed by atoms with Gasteiger partial charge in [-0.3, -0.25) is 0 Å². The van der Waals surface area contributed by atoms with Crippen molar-refractivity contribution in [3.05, 3.63) is 140 Å². The molecule has 0 aliphatic carbocycles. The van der Waals surface area contributed by atoms with E-state index in [2.05, 4.69) is 149 Å². The van der Waals surface area contributed by atoms with Crippen molar-refractivity contribution in [3.8, 4) is 16.8 Å². The van der Waals surface area contributed by atoms with Gasteiger partial charge in [0.2, 0.25) is 6.71 Å². The van der Waals surface area contributed by atoms with Gasteiger partial charge in [-0.25, -0.2) is 0 Å². The number of benzene rings is 6. The molecule has 0 radical (unpaired) electrons. The third-order valence-electron chi connectivity index (χ3n) is 8.58. The van der Waals surface area contributed by atoms with Crippen LogP contribution in [0, 0.1) is 0 Å². The van der Waals surface area contributed by atoms with Crippen LogP contribution in [-0.2, 0) is 0 Å². The summed E-state index contributed by atoms with van der Waals surface area (Å²) in [7, 11) is 0. The van der Waals surface area contributed by atoms with Crippen molar-refractivity contribution in [2.75, 3.05) is 4.90 Å². The molecule has 180 valence electrons. The summed E-state index contributed by atoms with van der Waals surface area (Å²) in [4.78, 5) is 2.48. The molecule has 0 spiro atoms. The number of nitrogens with zero attached hydrogens (tertiary/aromatic N) is 2. The Labute approximate surface area is 227 Å². The highest BCUT2D eigenvalue weighted by Gasteiger charge is 2.42. The van der Waals surface area contributed by atoms with Gasteiger partial charge in [0, 0.05) is 33.5 Å². The lowest BCUT2D eigenvalue weighted by Crippen LogP contribution is -2.54. The molecule has 0 unspecified atom stereocenters. The maximum absolute atomic E-state index is 2.48. The van der Waals surface area contributed by atoms with Gasteiger partial charge in [0.15, 0.2) is 0 Å². The number of aromatic nitrogens is 1. The molecule has 3 heteroatoms. The average molecular weight is 494 g/mol. The lowest BCUT2D eigenvalue weighted by Gasteiger charge is -2.36. The van der Waals surface area contributed by atoms with Crippen LogP contribution in [0.2, 0.25) is 0 Å². The molecule has 6 aromatic carbocycles. The Bertz CT molecular complexity index is 2080. The van der Waals surface area contributed by atoms with Gasteiger partial charge in [0.05, 0.1) is 11.0 Å². The zero-order valence-corrected chi connectivity index (χ0v) is 21.3. The summed E-state index contributed by atoms with van der Waals surface area (Å²) < 4.78 is 2.42. The van der Waals surface area contributed by atoms with Crippen LogP contribution in [0.4, 0.5) is 17.1 Å². The van der Waals surface area contributed by atoms with Gasteiger partial charge in [-0.15, -0.1) is 0 Å². The third kappa shape index (κ3) is 2.77. The second-order valence-electron chi connectivity index (χ2n) is 10.5. The average Bonchev–Trinajstić information content (AvgIpc) is 3.51. The molecule has 2 aliphatic heterocycles. The van der Waals surface area contributed by atoms with Crippen LogP contribution in [0.5, 0.6) is 0 Å². The summed E-state index contributed by atoms with van der Waals surface area (Å²) in [6, 6.07) is 51.1. The molecule has 0 fully saturated rings. The van der Waals surface area contributed by atoms with Crippen LogP contribution < -0.4 is 21.3 Å². The molecule has 0 atom stereocenters. The Morgan fingerprint density at radius 1 is 0.436 bits per heavy atom. The monoisotopic (exact) mass is 494 g/mol. The summed E-state index contributed by atoms with van der Waals surface area (Å²) in [5.41, 5.74) is 14.2. The molecule has 9 rings (SSSR count). The van der Waals surface area contributed by atoms with Crippen LogP contribution in [0.1, 0.15) is 0 Å². The number of anilines is 3. The van der Waals surface area contributed by atoms with Gasteiger partial charge in [0.25, 0.3) is 0 Å². The standard InChI is InChI=1S/C36H23BN2/c1-3-12-24(13-4-1)38-32-20-10-8-17-27(32)29-22-31-35(23-34(29)38)39(25-14-5-2-6-15-25)33-21-11-18-28-26-16-7-9-19-30(26)37(31)36(28)33/h1-23H. The van der Waals surface area contributed by atoms with Crippen LogP contribution in [0.25, 0.3) is 38.6 Å². The minimum Gasteiger partial charge on any atom is -0.311 e. The smallest absolute Gasteiger partial charge is 0.248 e. The van der Waals surface area contributed by atoms with Gasteiger partial charge in [-0.2, -0.15) is 0 Å². The van der Waals surface area contributed by atoms with E-state index in [1.807, 2.05) is 0 Å². The van der Waals surface area contributed by atoms with Crippen LogP contribution >= 0.6 is 0 Å². The molecule has 2 aliphatic rings. The first kappa shape index (κ1) is 21.0. The Morgan fingerprint density at radius 2 is 1.13 bits per heavy atom. The molecule has 0 saturated heterocycles. The van der Waals surface area contributed by atoms with Crippen LogP contribution in [-0.4, -0.2) is 11.3 Å². The van der Waals surface area contributed by atoms with Gasteiger partial charge < -0.3 is 9.47 Å². The van der Waals surface area contributed by atoms with Crippen molar-refractivity contribution < 1.29 is 0 Å². The summed E-state index contributed by atoms with van der Waals surface area (Å²) in [6.45, 7) is 0.214. The Kier molecular flexibility index (Phi) is 4.17. The van der Waals surface area contributed by atoms with Gasteiger partial charge in [-0.05, 0) is 64.5 Å². The number of para-hydroxylation sites is 3. The number of rotatable bonds is 2. The van der Waals surface area contributed by atoms with Crippen molar-refractivity contribution in [2.45, 2.75) is 0 Å². The number of hydrogen-bond donors (Lipinski definition) is 0. The minimum atomic E-state index is 0.214. The highest BCUT2D eigenvalue weighted by Crippen LogP contribution is 2.43. The zero-order valence-electron chi connectivity index (χ0n) is 21.3. The Morgan fingerprint density at radius 3 is 1.97 bits per heavy atom. The molecule has 0 bridgehead atoms. The first-order valence-corrected chi connectivity index (χ1v) is 13.6. The van der Waals surface area contributed by atoms with E-state index in [1.54, 1.807) is 0 Å². The molecular weight excluding hydrogens is 471 g/mol. The van der Waals surface area contributed by atoms with E-state index in [0.29, 0.717) is 0 Å². The molecule has 0 saturated carbocycles. The first-order valence-electron chi connectivity index (χ1n) is 13.6. The van der Waals surface area contributed by atoms with E-state index >= 15 is 0 Å². The van der Waals surface area contributed by atoms with Crippen LogP contribution in [0.15, 0.2) is 140 Å². The van der Waals surface area contributed by atoms with Crippen LogP contribution in [0.3, 0.4) is 0 Å². The zero-order chi connectivity index (χ0) is 25.5. The van der Waals surface area contributed by atoms with E-state index < -0.39 is 0 Å². The van der Waals surface area contributed by atoms with Crippen molar-refractivity contribution in [1.29, 1.82) is 0 Å². The lowest BCUT2D eigenvalue weighted by atomic mass is 9.37. The predicted octanol–water partition coefficient (Wildman–Crippen LogP) is 7.06. The van der Waals surface area contributed by atoms with Gasteiger partial charge in [-0.1, -0.05) is 103 Å². The number of hydrogen-bond acceptors (Lipinski definition) is 1. The lowest BCUT2D eigenvalue weighted by molar-refractivity contribution is 1.18. The largest absolute Gasteiger partial charge is 0.311 e.